The summed E-state index contributed by atoms with van der Waals surface area (Å²) in [5.41, 5.74) is -0.186. The van der Waals surface area contributed by atoms with Crippen molar-refractivity contribution in [1.29, 1.82) is 0 Å². The van der Waals surface area contributed by atoms with E-state index in [1.165, 1.54) is 44.9 Å². The van der Waals surface area contributed by atoms with Crippen molar-refractivity contribution in [2.45, 2.75) is 87.7 Å². The van der Waals surface area contributed by atoms with E-state index in [0.717, 1.165) is 5.92 Å². The van der Waals surface area contributed by atoms with E-state index in [2.05, 4.69) is 50.3 Å². The number of rotatable bonds is 4. The van der Waals surface area contributed by atoms with Gasteiger partial charge in [0.2, 0.25) is 0 Å². The van der Waals surface area contributed by atoms with Crippen LogP contribution in [0.15, 0.2) is 0 Å². The Kier molecular flexibility index (Phi) is 5.27. The van der Waals surface area contributed by atoms with Gasteiger partial charge >= 0.3 is 7.12 Å². The normalized spacial score (nSPS) is 38.7. The summed E-state index contributed by atoms with van der Waals surface area (Å²) in [6, 6.07) is 0. The molecule has 1 saturated heterocycles. The molecule has 0 radical (unpaired) electrons. The summed E-state index contributed by atoms with van der Waals surface area (Å²) in [4.78, 5) is 0. The second-order valence-electron chi connectivity index (χ2n) is 6.97. The van der Waals surface area contributed by atoms with Gasteiger partial charge in [-0.15, -0.1) is 0 Å². The summed E-state index contributed by atoms with van der Waals surface area (Å²) < 4.78 is 12.2. The van der Waals surface area contributed by atoms with Gasteiger partial charge in [0, 0.05) is 0 Å². The Labute approximate surface area is 132 Å². The smallest absolute Gasteiger partial charge is 0.402 e. The van der Waals surface area contributed by atoms with Gasteiger partial charge in [-0.3, -0.25) is 0 Å². The van der Waals surface area contributed by atoms with E-state index in [-0.39, 0.29) is 16.3 Å². The van der Waals surface area contributed by atoms with Crippen molar-refractivity contribution >= 4 is 29.7 Å². The molecule has 0 unspecified atom stereocenters. The molecule has 2 nitrogen and oxygen atoms in total. The van der Waals surface area contributed by atoms with Crippen molar-refractivity contribution in [3.05, 3.63) is 0 Å². The van der Waals surface area contributed by atoms with Gasteiger partial charge in [-0.1, -0.05) is 45.4 Å². The zero-order chi connectivity index (χ0) is 14.1. The standard InChI is InChI=1S/C15H28BIO2/c1-5-6-8-12-9-7-10-13(11-12)16-18-14(2,3)15(4,17)19-16/h12-13H,5-11H2,1-4H3/t12-,13+,15+/m1/s1. The highest BCUT2D eigenvalue weighted by molar-refractivity contribution is 14.1. The van der Waals surface area contributed by atoms with E-state index in [4.69, 9.17) is 9.31 Å². The fourth-order valence-electron chi connectivity index (χ4n) is 3.31. The van der Waals surface area contributed by atoms with Crippen molar-refractivity contribution in [3.63, 3.8) is 0 Å². The highest BCUT2D eigenvalue weighted by Gasteiger charge is 2.55. The lowest BCUT2D eigenvalue weighted by Crippen LogP contribution is -2.38. The number of unbranched alkanes of at least 4 members (excludes halogenated alkanes) is 1. The maximum atomic E-state index is 6.23. The molecule has 0 aromatic carbocycles. The number of alkyl halides is 1. The number of halogens is 1. The molecule has 110 valence electrons. The highest BCUT2D eigenvalue weighted by atomic mass is 127. The predicted molar refractivity (Wildman–Crippen MR) is 89.7 cm³/mol. The summed E-state index contributed by atoms with van der Waals surface area (Å²) in [6.45, 7) is 8.73. The molecule has 0 aromatic heterocycles. The topological polar surface area (TPSA) is 18.5 Å². The predicted octanol–water partition coefficient (Wildman–Crippen LogP) is 5.20. The molecule has 1 aliphatic carbocycles. The second-order valence-corrected chi connectivity index (χ2v) is 9.02. The Balaban J connectivity index is 1.92. The molecule has 0 bridgehead atoms. The zero-order valence-corrected chi connectivity index (χ0v) is 15.0. The first-order valence-electron chi connectivity index (χ1n) is 7.90. The highest BCUT2D eigenvalue weighted by Crippen LogP contribution is 2.48. The molecule has 0 aromatic rings. The average molecular weight is 378 g/mol. The molecule has 3 atom stereocenters. The molecule has 0 amide bonds. The largest absolute Gasteiger partial charge is 0.461 e. The van der Waals surface area contributed by atoms with Crippen LogP contribution in [-0.4, -0.2) is 16.3 Å². The lowest BCUT2D eigenvalue weighted by atomic mass is 9.61. The molecule has 2 fully saturated rings. The summed E-state index contributed by atoms with van der Waals surface area (Å²) in [7, 11) is 0.0151. The Morgan fingerprint density at radius 3 is 2.53 bits per heavy atom. The van der Waals surface area contributed by atoms with Crippen LogP contribution in [0.4, 0.5) is 0 Å². The van der Waals surface area contributed by atoms with E-state index < -0.39 is 0 Å². The van der Waals surface area contributed by atoms with E-state index in [1.54, 1.807) is 0 Å². The fraction of sp³-hybridized carbons (Fsp3) is 1.00. The van der Waals surface area contributed by atoms with Gasteiger partial charge in [-0.05, 0) is 61.5 Å². The van der Waals surface area contributed by atoms with Crippen LogP contribution in [0.3, 0.4) is 0 Å². The minimum absolute atomic E-state index is 0.0151. The van der Waals surface area contributed by atoms with Crippen molar-refractivity contribution in [2.24, 2.45) is 5.92 Å². The molecule has 19 heavy (non-hydrogen) atoms. The van der Waals surface area contributed by atoms with Crippen LogP contribution in [0.5, 0.6) is 0 Å². The number of hydrogen-bond donors (Lipinski definition) is 0. The Morgan fingerprint density at radius 1 is 1.21 bits per heavy atom. The summed E-state index contributed by atoms with van der Waals surface area (Å²) in [5.74, 6) is 1.50. The third kappa shape index (κ3) is 3.68. The minimum Gasteiger partial charge on any atom is -0.402 e. The van der Waals surface area contributed by atoms with Crippen molar-refractivity contribution < 1.29 is 9.31 Å². The monoisotopic (exact) mass is 378 g/mol. The molecule has 1 heterocycles. The SMILES string of the molecule is CCCC[C@@H]1CCC[C@H](B2OC(C)(C)[C@@](C)(I)O2)C1. The molecule has 2 rings (SSSR count). The van der Waals surface area contributed by atoms with Gasteiger partial charge in [0.1, 0.15) is 3.61 Å². The zero-order valence-electron chi connectivity index (χ0n) is 12.9. The van der Waals surface area contributed by atoms with Crippen molar-refractivity contribution in [3.8, 4) is 0 Å². The minimum atomic E-state index is -0.203. The molecular weight excluding hydrogens is 350 g/mol. The Hall–Kier alpha value is 0.715. The van der Waals surface area contributed by atoms with E-state index >= 15 is 0 Å². The average Bonchev–Trinajstić information content (AvgIpc) is 2.56. The Morgan fingerprint density at radius 2 is 1.95 bits per heavy atom. The molecule has 4 heteroatoms. The van der Waals surface area contributed by atoms with Gasteiger partial charge in [0.15, 0.2) is 0 Å². The second kappa shape index (κ2) is 6.23. The maximum Gasteiger partial charge on any atom is 0.461 e. The first kappa shape index (κ1) is 16.1. The van der Waals surface area contributed by atoms with E-state index in [0.29, 0.717) is 5.82 Å². The third-order valence-electron chi connectivity index (χ3n) is 5.00. The van der Waals surface area contributed by atoms with E-state index in [1.807, 2.05) is 0 Å². The summed E-state index contributed by atoms with van der Waals surface area (Å²) in [6.07, 6.45) is 9.42. The molecule has 1 aliphatic heterocycles. The van der Waals surface area contributed by atoms with Gasteiger partial charge in [-0.2, -0.15) is 0 Å². The van der Waals surface area contributed by atoms with Crippen molar-refractivity contribution in [2.75, 3.05) is 0 Å². The van der Waals surface area contributed by atoms with Crippen LogP contribution in [0, 0.1) is 5.92 Å². The lowest BCUT2D eigenvalue weighted by molar-refractivity contribution is 0.0721. The van der Waals surface area contributed by atoms with Crippen LogP contribution in [-0.2, 0) is 9.31 Å². The third-order valence-corrected chi connectivity index (χ3v) is 6.55. The molecule has 0 N–H and O–H groups in total. The van der Waals surface area contributed by atoms with Crippen LogP contribution < -0.4 is 0 Å². The molecule has 1 saturated carbocycles. The van der Waals surface area contributed by atoms with Crippen LogP contribution in [0.2, 0.25) is 5.82 Å². The maximum absolute atomic E-state index is 6.23. The quantitative estimate of drug-likeness (QED) is 0.380. The molecule has 2 aliphatic rings. The van der Waals surface area contributed by atoms with Crippen LogP contribution in [0.25, 0.3) is 0 Å². The molecule has 0 spiro atoms. The van der Waals surface area contributed by atoms with Gasteiger partial charge in [0.05, 0.1) is 5.60 Å². The van der Waals surface area contributed by atoms with Crippen molar-refractivity contribution in [1.82, 2.24) is 0 Å². The van der Waals surface area contributed by atoms with Crippen LogP contribution >= 0.6 is 22.6 Å². The van der Waals surface area contributed by atoms with Gasteiger partial charge in [0.25, 0.3) is 0 Å². The lowest BCUT2D eigenvalue weighted by Gasteiger charge is -2.30. The first-order valence-corrected chi connectivity index (χ1v) is 8.98. The fourth-order valence-corrected chi connectivity index (χ4v) is 3.68. The van der Waals surface area contributed by atoms with Gasteiger partial charge < -0.3 is 9.31 Å². The van der Waals surface area contributed by atoms with Crippen LogP contribution in [0.1, 0.15) is 72.6 Å². The van der Waals surface area contributed by atoms with Gasteiger partial charge in [-0.25, -0.2) is 0 Å². The Bertz CT molecular complexity index is 291. The summed E-state index contributed by atoms with van der Waals surface area (Å²) >= 11 is 2.40. The first-order chi connectivity index (χ1) is 8.86. The van der Waals surface area contributed by atoms with E-state index in [9.17, 15) is 0 Å². The molecular formula is C15H28BIO2. The summed E-state index contributed by atoms with van der Waals surface area (Å²) in [5, 5.41) is 0. The number of hydrogen-bond acceptors (Lipinski definition) is 2.